The van der Waals surface area contributed by atoms with Gasteiger partial charge in [0.1, 0.15) is 0 Å². The second-order valence-electron chi connectivity index (χ2n) is 6.69. The molecule has 0 heterocycles. The Morgan fingerprint density at radius 3 is 2.37 bits per heavy atom. The zero-order valence-electron chi connectivity index (χ0n) is 14.9. The minimum atomic E-state index is -1.36. The molecule has 0 spiro atoms. The summed E-state index contributed by atoms with van der Waals surface area (Å²) in [5, 5.41) is 16.6. The van der Waals surface area contributed by atoms with Crippen molar-refractivity contribution in [2.45, 2.75) is 32.1 Å². The lowest BCUT2D eigenvalue weighted by Crippen LogP contribution is -2.25. The third kappa shape index (κ3) is 4.73. The molecule has 1 aliphatic carbocycles. The number of nitrogens with one attached hydrogen (secondary N) is 2. The molecule has 0 radical (unpaired) electrons. The first kappa shape index (κ1) is 18.6. The van der Waals surface area contributed by atoms with Crippen LogP contribution in [-0.2, 0) is 4.79 Å². The van der Waals surface area contributed by atoms with Gasteiger partial charge in [0, 0.05) is 22.7 Å². The van der Waals surface area contributed by atoms with Gasteiger partial charge in [-0.25, -0.2) is 0 Å². The van der Waals surface area contributed by atoms with Gasteiger partial charge in [0.05, 0.1) is 11.7 Å². The molecule has 6 heteroatoms. The van der Waals surface area contributed by atoms with Crippen molar-refractivity contribution in [2.24, 2.45) is 5.92 Å². The average molecular weight is 365 g/mol. The summed E-state index contributed by atoms with van der Waals surface area (Å²) in [6.45, 7) is 0. The zero-order chi connectivity index (χ0) is 19.2. The molecule has 1 aliphatic rings. The number of carbonyl (C=O) groups is 3. The van der Waals surface area contributed by atoms with E-state index in [4.69, 9.17) is 0 Å². The van der Waals surface area contributed by atoms with Crippen LogP contribution in [0.5, 0.6) is 0 Å². The molecular weight excluding hydrogens is 344 g/mol. The van der Waals surface area contributed by atoms with E-state index in [1.807, 2.05) is 0 Å². The van der Waals surface area contributed by atoms with E-state index in [2.05, 4.69) is 10.6 Å². The maximum absolute atomic E-state index is 12.5. The molecule has 3 rings (SSSR count). The fourth-order valence-electron chi connectivity index (χ4n) is 3.31. The van der Waals surface area contributed by atoms with Crippen molar-refractivity contribution in [2.75, 3.05) is 10.6 Å². The van der Waals surface area contributed by atoms with Crippen LogP contribution < -0.4 is 15.7 Å². The smallest absolute Gasteiger partial charge is 0.255 e. The second-order valence-corrected chi connectivity index (χ2v) is 6.69. The number of carbonyl (C=O) groups excluding carboxylic acids is 3. The zero-order valence-corrected chi connectivity index (χ0v) is 14.9. The molecule has 0 atom stereocenters. The molecule has 6 nitrogen and oxygen atoms in total. The van der Waals surface area contributed by atoms with Crippen molar-refractivity contribution in [1.82, 2.24) is 0 Å². The largest absolute Gasteiger partial charge is 0.545 e. The number of anilines is 2. The van der Waals surface area contributed by atoms with E-state index in [1.165, 1.54) is 18.6 Å². The molecule has 0 bridgehead atoms. The first-order valence-corrected chi connectivity index (χ1v) is 9.07. The molecule has 1 saturated carbocycles. The van der Waals surface area contributed by atoms with Gasteiger partial charge in [0.25, 0.3) is 5.91 Å². The van der Waals surface area contributed by atoms with Gasteiger partial charge in [-0.1, -0.05) is 43.5 Å². The Morgan fingerprint density at radius 1 is 0.889 bits per heavy atom. The second kappa shape index (κ2) is 8.49. The van der Waals surface area contributed by atoms with E-state index >= 15 is 0 Å². The van der Waals surface area contributed by atoms with Gasteiger partial charge in [0.15, 0.2) is 0 Å². The molecule has 0 aliphatic heterocycles. The normalized spacial score (nSPS) is 14.4. The van der Waals surface area contributed by atoms with E-state index in [0.29, 0.717) is 11.3 Å². The van der Waals surface area contributed by atoms with Crippen LogP contribution >= 0.6 is 0 Å². The van der Waals surface area contributed by atoms with Crippen LogP contribution in [0.1, 0.15) is 52.8 Å². The van der Waals surface area contributed by atoms with Gasteiger partial charge in [-0.15, -0.1) is 0 Å². The molecule has 2 N–H and O–H groups in total. The predicted octanol–water partition coefficient (Wildman–Crippen LogP) is 2.82. The highest BCUT2D eigenvalue weighted by molar-refractivity contribution is 6.08. The molecule has 2 amide bonds. The van der Waals surface area contributed by atoms with Crippen LogP contribution in [0.25, 0.3) is 0 Å². The lowest BCUT2D eigenvalue weighted by Gasteiger charge is -2.20. The lowest BCUT2D eigenvalue weighted by atomic mass is 9.88. The standard InChI is InChI=1S/C21H22N2O4/c24-19(14-7-2-1-3-8-14)22-16-10-6-9-15(13-16)20(25)23-18-12-5-4-11-17(18)21(26)27/h4-6,9-14H,1-3,7-8H2,(H,22,24)(H,23,25)(H,26,27)/p-1. The van der Waals surface area contributed by atoms with E-state index in [0.717, 1.165) is 25.7 Å². The van der Waals surface area contributed by atoms with E-state index in [9.17, 15) is 19.5 Å². The summed E-state index contributed by atoms with van der Waals surface area (Å²) in [7, 11) is 0. The predicted molar refractivity (Wildman–Crippen MR) is 100 cm³/mol. The maximum Gasteiger partial charge on any atom is 0.255 e. The van der Waals surface area contributed by atoms with Gasteiger partial charge >= 0.3 is 0 Å². The molecular formula is C21H21N2O4-. The molecule has 1 fully saturated rings. The Morgan fingerprint density at radius 2 is 1.63 bits per heavy atom. The van der Waals surface area contributed by atoms with Crippen molar-refractivity contribution in [3.63, 3.8) is 0 Å². The molecule has 2 aromatic carbocycles. The lowest BCUT2D eigenvalue weighted by molar-refractivity contribution is -0.254. The third-order valence-electron chi connectivity index (χ3n) is 4.76. The Labute approximate surface area is 157 Å². The Balaban J connectivity index is 1.70. The van der Waals surface area contributed by atoms with Crippen LogP contribution in [0.15, 0.2) is 48.5 Å². The number of para-hydroxylation sites is 1. The summed E-state index contributed by atoms with van der Waals surface area (Å²) in [6, 6.07) is 12.6. The summed E-state index contributed by atoms with van der Waals surface area (Å²) < 4.78 is 0. The highest BCUT2D eigenvalue weighted by Crippen LogP contribution is 2.25. The van der Waals surface area contributed by atoms with Crippen LogP contribution in [0.4, 0.5) is 11.4 Å². The Kier molecular flexibility index (Phi) is 5.86. The number of aromatic carboxylic acids is 1. The fourth-order valence-corrected chi connectivity index (χ4v) is 3.31. The number of carboxylic acid groups (broad SMARTS) is 1. The van der Waals surface area contributed by atoms with Gasteiger partial charge in [-0.05, 0) is 37.1 Å². The summed E-state index contributed by atoms with van der Waals surface area (Å²) in [6.07, 6.45) is 5.10. The monoisotopic (exact) mass is 365 g/mol. The molecule has 27 heavy (non-hydrogen) atoms. The summed E-state index contributed by atoms with van der Waals surface area (Å²) in [4.78, 5) is 36.0. The van der Waals surface area contributed by atoms with Gasteiger partial charge < -0.3 is 20.5 Å². The molecule has 2 aromatic rings. The summed E-state index contributed by atoms with van der Waals surface area (Å²) in [5.74, 6) is -1.82. The minimum absolute atomic E-state index is 0.0189. The molecule has 140 valence electrons. The first-order valence-electron chi connectivity index (χ1n) is 9.07. The van der Waals surface area contributed by atoms with Crippen LogP contribution in [0.3, 0.4) is 0 Å². The molecule has 0 aromatic heterocycles. The Hall–Kier alpha value is -3.15. The summed E-state index contributed by atoms with van der Waals surface area (Å²) in [5.41, 5.74) is 0.947. The quantitative estimate of drug-likeness (QED) is 0.851. The fraction of sp³-hybridized carbons (Fsp3) is 0.286. The Bertz CT molecular complexity index is 857. The van der Waals surface area contributed by atoms with Gasteiger partial charge in [-0.3, -0.25) is 9.59 Å². The van der Waals surface area contributed by atoms with Crippen LogP contribution in [0.2, 0.25) is 0 Å². The number of carboxylic acids is 1. The minimum Gasteiger partial charge on any atom is -0.545 e. The average Bonchev–Trinajstić information content (AvgIpc) is 2.69. The van der Waals surface area contributed by atoms with Crippen molar-refractivity contribution in [3.05, 3.63) is 59.7 Å². The number of rotatable bonds is 5. The highest BCUT2D eigenvalue weighted by Gasteiger charge is 2.21. The topological polar surface area (TPSA) is 98.3 Å². The molecule has 0 saturated heterocycles. The third-order valence-corrected chi connectivity index (χ3v) is 4.76. The van der Waals surface area contributed by atoms with Gasteiger partial charge in [-0.2, -0.15) is 0 Å². The van der Waals surface area contributed by atoms with Crippen molar-refractivity contribution >= 4 is 29.2 Å². The van der Waals surface area contributed by atoms with E-state index < -0.39 is 11.9 Å². The highest BCUT2D eigenvalue weighted by atomic mass is 16.4. The van der Waals surface area contributed by atoms with Gasteiger partial charge in [0.2, 0.25) is 5.91 Å². The van der Waals surface area contributed by atoms with E-state index in [1.54, 1.807) is 36.4 Å². The van der Waals surface area contributed by atoms with E-state index in [-0.39, 0.29) is 23.1 Å². The number of amides is 2. The maximum atomic E-state index is 12.5. The van der Waals surface area contributed by atoms with Crippen molar-refractivity contribution in [1.29, 1.82) is 0 Å². The number of benzene rings is 2. The number of hydrogen-bond donors (Lipinski definition) is 2. The van der Waals surface area contributed by atoms with Crippen LogP contribution in [-0.4, -0.2) is 17.8 Å². The summed E-state index contributed by atoms with van der Waals surface area (Å²) >= 11 is 0. The SMILES string of the molecule is O=C(Nc1ccccc1C(=O)[O-])c1cccc(NC(=O)C2CCCCC2)c1. The first-order chi connectivity index (χ1) is 13.0. The van der Waals surface area contributed by atoms with Crippen LogP contribution in [0, 0.1) is 5.92 Å². The van der Waals surface area contributed by atoms with Crippen molar-refractivity contribution in [3.8, 4) is 0 Å². The molecule has 0 unspecified atom stereocenters. The number of hydrogen-bond acceptors (Lipinski definition) is 4. The van der Waals surface area contributed by atoms with Crippen molar-refractivity contribution < 1.29 is 19.5 Å².